The first-order valence-electron chi connectivity index (χ1n) is 7.32. The van der Waals surface area contributed by atoms with Gasteiger partial charge in [-0.25, -0.2) is 0 Å². The van der Waals surface area contributed by atoms with Crippen LogP contribution in [-0.2, 0) is 13.0 Å². The quantitative estimate of drug-likeness (QED) is 0.811. The molecule has 0 radical (unpaired) electrons. The molecule has 0 saturated heterocycles. The monoisotopic (exact) mass is 288 g/mol. The molecule has 0 atom stereocenters. The molecule has 4 nitrogen and oxygen atoms in total. The third-order valence-corrected chi connectivity index (χ3v) is 3.50. The molecule has 0 amide bonds. The SMILES string of the molecule is Cc1occc1CN(C)CCOc1ccc(CCN)cc1. The zero-order valence-corrected chi connectivity index (χ0v) is 12.8. The maximum atomic E-state index is 5.76. The summed E-state index contributed by atoms with van der Waals surface area (Å²) >= 11 is 0. The van der Waals surface area contributed by atoms with Crippen LogP contribution >= 0.6 is 0 Å². The number of rotatable bonds is 8. The molecule has 0 saturated carbocycles. The van der Waals surface area contributed by atoms with Gasteiger partial charge in [-0.1, -0.05) is 12.1 Å². The predicted molar refractivity (Wildman–Crippen MR) is 84.5 cm³/mol. The van der Waals surface area contributed by atoms with Crippen molar-refractivity contribution in [2.45, 2.75) is 19.9 Å². The van der Waals surface area contributed by atoms with Crippen LogP contribution in [0, 0.1) is 6.92 Å². The van der Waals surface area contributed by atoms with Crippen molar-refractivity contribution in [1.82, 2.24) is 4.90 Å². The fraction of sp³-hybridized carbons (Fsp3) is 0.412. The number of likely N-dealkylation sites (N-methyl/N-ethyl adjacent to an activating group) is 1. The van der Waals surface area contributed by atoms with Gasteiger partial charge in [0.15, 0.2) is 0 Å². The van der Waals surface area contributed by atoms with Crippen LogP contribution in [0.3, 0.4) is 0 Å². The van der Waals surface area contributed by atoms with E-state index in [1.807, 2.05) is 25.1 Å². The van der Waals surface area contributed by atoms with E-state index in [1.165, 1.54) is 11.1 Å². The van der Waals surface area contributed by atoms with Crippen LogP contribution in [0.2, 0.25) is 0 Å². The number of aryl methyl sites for hydroxylation is 1. The number of nitrogens with zero attached hydrogens (tertiary/aromatic N) is 1. The summed E-state index contributed by atoms with van der Waals surface area (Å²) in [4.78, 5) is 2.22. The van der Waals surface area contributed by atoms with Crippen LogP contribution in [-0.4, -0.2) is 31.6 Å². The van der Waals surface area contributed by atoms with Gasteiger partial charge in [0.1, 0.15) is 18.1 Å². The van der Waals surface area contributed by atoms with Gasteiger partial charge in [0.05, 0.1) is 6.26 Å². The van der Waals surface area contributed by atoms with Crippen molar-refractivity contribution in [1.29, 1.82) is 0 Å². The lowest BCUT2D eigenvalue weighted by Gasteiger charge is -2.16. The predicted octanol–water partition coefficient (Wildman–Crippen LogP) is 2.60. The van der Waals surface area contributed by atoms with E-state index in [1.54, 1.807) is 6.26 Å². The summed E-state index contributed by atoms with van der Waals surface area (Å²) in [6.45, 7) is 5.08. The van der Waals surface area contributed by atoms with Crippen molar-refractivity contribution in [3.63, 3.8) is 0 Å². The topological polar surface area (TPSA) is 51.6 Å². The number of ether oxygens (including phenoxy) is 1. The highest BCUT2D eigenvalue weighted by Gasteiger charge is 2.05. The van der Waals surface area contributed by atoms with Crippen molar-refractivity contribution in [3.8, 4) is 5.75 Å². The number of furan rings is 1. The van der Waals surface area contributed by atoms with Crippen LogP contribution < -0.4 is 10.5 Å². The number of nitrogens with two attached hydrogens (primary N) is 1. The van der Waals surface area contributed by atoms with Gasteiger partial charge < -0.3 is 14.9 Å². The van der Waals surface area contributed by atoms with E-state index in [-0.39, 0.29) is 0 Å². The van der Waals surface area contributed by atoms with E-state index in [0.29, 0.717) is 13.2 Å². The lowest BCUT2D eigenvalue weighted by molar-refractivity contribution is 0.232. The molecule has 1 heterocycles. The minimum absolute atomic E-state index is 0.670. The normalized spacial score (nSPS) is 11.0. The molecule has 0 unspecified atom stereocenters. The molecule has 0 aliphatic carbocycles. The van der Waals surface area contributed by atoms with Crippen LogP contribution in [0.1, 0.15) is 16.9 Å². The van der Waals surface area contributed by atoms with Crippen molar-refractivity contribution < 1.29 is 9.15 Å². The van der Waals surface area contributed by atoms with Crippen molar-refractivity contribution in [3.05, 3.63) is 53.5 Å². The molecule has 2 N–H and O–H groups in total. The standard InChI is InChI=1S/C17H24N2O2/c1-14-16(8-11-20-14)13-19(2)10-12-21-17-5-3-15(4-6-17)7-9-18/h3-6,8,11H,7,9-10,12-13,18H2,1-2H3. The maximum Gasteiger partial charge on any atom is 0.119 e. The summed E-state index contributed by atoms with van der Waals surface area (Å²) in [5, 5.41) is 0. The van der Waals surface area contributed by atoms with Gasteiger partial charge in [0, 0.05) is 18.7 Å². The minimum Gasteiger partial charge on any atom is -0.492 e. The average molecular weight is 288 g/mol. The van der Waals surface area contributed by atoms with Crippen molar-refractivity contribution >= 4 is 0 Å². The van der Waals surface area contributed by atoms with Gasteiger partial charge in [-0.2, -0.15) is 0 Å². The van der Waals surface area contributed by atoms with Crippen molar-refractivity contribution in [2.75, 3.05) is 26.7 Å². The van der Waals surface area contributed by atoms with Crippen molar-refractivity contribution in [2.24, 2.45) is 5.73 Å². The summed E-state index contributed by atoms with van der Waals surface area (Å²) < 4.78 is 11.1. The summed E-state index contributed by atoms with van der Waals surface area (Å²) in [5.74, 6) is 1.89. The highest BCUT2D eigenvalue weighted by Crippen LogP contribution is 2.13. The molecule has 2 rings (SSSR count). The number of benzene rings is 1. The maximum absolute atomic E-state index is 5.76. The Morgan fingerprint density at radius 3 is 2.57 bits per heavy atom. The molecule has 0 aliphatic heterocycles. The summed E-state index contributed by atoms with van der Waals surface area (Å²) in [6.07, 6.45) is 2.64. The second-order valence-corrected chi connectivity index (χ2v) is 5.27. The number of hydrogen-bond donors (Lipinski definition) is 1. The molecule has 21 heavy (non-hydrogen) atoms. The Hall–Kier alpha value is -1.78. The Kier molecular flexibility index (Phi) is 5.84. The van der Waals surface area contributed by atoms with Crippen LogP contribution in [0.15, 0.2) is 41.0 Å². The van der Waals surface area contributed by atoms with E-state index in [0.717, 1.165) is 31.0 Å². The second kappa shape index (κ2) is 7.86. The average Bonchev–Trinajstić information content (AvgIpc) is 2.86. The first-order chi connectivity index (χ1) is 10.2. The van der Waals surface area contributed by atoms with Crippen LogP contribution in [0.25, 0.3) is 0 Å². The molecule has 0 bridgehead atoms. The highest BCUT2D eigenvalue weighted by molar-refractivity contribution is 5.27. The first kappa shape index (κ1) is 15.6. The fourth-order valence-electron chi connectivity index (χ4n) is 2.18. The third kappa shape index (κ3) is 4.92. The zero-order valence-electron chi connectivity index (χ0n) is 12.8. The molecular weight excluding hydrogens is 264 g/mol. The van der Waals surface area contributed by atoms with E-state index in [2.05, 4.69) is 24.1 Å². The van der Waals surface area contributed by atoms with Gasteiger partial charge in [-0.15, -0.1) is 0 Å². The first-order valence-corrected chi connectivity index (χ1v) is 7.32. The highest BCUT2D eigenvalue weighted by atomic mass is 16.5. The zero-order chi connectivity index (χ0) is 15.1. The Morgan fingerprint density at radius 1 is 1.19 bits per heavy atom. The van der Waals surface area contributed by atoms with E-state index in [4.69, 9.17) is 14.9 Å². The van der Waals surface area contributed by atoms with E-state index in [9.17, 15) is 0 Å². The lowest BCUT2D eigenvalue weighted by Crippen LogP contribution is -2.23. The Balaban J connectivity index is 1.72. The summed E-state index contributed by atoms with van der Waals surface area (Å²) in [6, 6.07) is 10.2. The van der Waals surface area contributed by atoms with Gasteiger partial charge in [-0.05, 0) is 50.7 Å². The van der Waals surface area contributed by atoms with Gasteiger partial charge in [0.25, 0.3) is 0 Å². The van der Waals surface area contributed by atoms with Crippen LogP contribution in [0.5, 0.6) is 5.75 Å². The molecule has 2 aromatic rings. The lowest BCUT2D eigenvalue weighted by atomic mass is 10.1. The Labute approximate surface area is 126 Å². The fourth-order valence-corrected chi connectivity index (χ4v) is 2.18. The summed E-state index contributed by atoms with van der Waals surface area (Å²) in [7, 11) is 2.08. The van der Waals surface area contributed by atoms with Gasteiger partial charge in [0.2, 0.25) is 0 Å². The van der Waals surface area contributed by atoms with E-state index < -0.39 is 0 Å². The molecule has 114 valence electrons. The molecular formula is C17H24N2O2. The smallest absolute Gasteiger partial charge is 0.119 e. The Morgan fingerprint density at radius 2 is 1.95 bits per heavy atom. The largest absolute Gasteiger partial charge is 0.492 e. The van der Waals surface area contributed by atoms with Crippen LogP contribution in [0.4, 0.5) is 0 Å². The molecule has 1 aromatic heterocycles. The molecule has 0 aliphatic rings. The third-order valence-electron chi connectivity index (χ3n) is 3.50. The minimum atomic E-state index is 0.670. The van der Waals surface area contributed by atoms with E-state index >= 15 is 0 Å². The van der Waals surface area contributed by atoms with Gasteiger partial charge >= 0.3 is 0 Å². The molecule has 0 spiro atoms. The Bertz CT molecular complexity index is 534. The second-order valence-electron chi connectivity index (χ2n) is 5.27. The molecule has 4 heteroatoms. The summed E-state index contributed by atoms with van der Waals surface area (Å²) in [5.41, 5.74) is 8.01. The number of hydrogen-bond acceptors (Lipinski definition) is 4. The molecule has 0 fully saturated rings. The van der Waals surface area contributed by atoms with Gasteiger partial charge in [-0.3, -0.25) is 4.90 Å². The molecule has 1 aromatic carbocycles.